The number of hydrogen-bond acceptors (Lipinski definition) is 5. The number of sulfonamides is 1. The summed E-state index contributed by atoms with van der Waals surface area (Å²) in [4.78, 5) is -0.169. The third-order valence-corrected chi connectivity index (χ3v) is 4.11. The van der Waals surface area contributed by atoms with E-state index in [0.29, 0.717) is 0 Å². The van der Waals surface area contributed by atoms with E-state index in [1.165, 1.54) is 25.1 Å². The zero-order valence-corrected chi connectivity index (χ0v) is 11.3. The number of aliphatic hydroxyl groups excluding tert-OH is 1. The van der Waals surface area contributed by atoms with Gasteiger partial charge in [-0.2, -0.15) is 0 Å². The highest BCUT2D eigenvalue weighted by atomic mass is 35.5. The molecule has 0 amide bonds. The second-order valence-electron chi connectivity index (χ2n) is 4.17. The van der Waals surface area contributed by atoms with Crippen molar-refractivity contribution in [2.75, 3.05) is 18.9 Å². The topological polar surface area (TPSA) is 113 Å². The molecule has 1 aromatic rings. The lowest BCUT2D eigenvalue weighted by molar-refractivity contribution is 0.00681. The Morgan fingerprint density at radius 3 is 2.67 bits per heavy atom. The van der Waals surface area contributed by atoms with Gasteiger partial charge in [-0.3, -0.25) is 0 Å². The van der Waals surface area contributed by atoms with Crippen molar-refractivity contribution in [1.29, 1.82) is 0 Å². The van der Waals surface area contributed by atoms with Gasteiger partial charge < -0.3 is 15.9 Å². The van der Waals surface area contributed by atoms with Crippen LogP contribution in [-0.2, 0) is 10.0 Å². The molecular formula is C10H15ClN2O4S. The molecule has 0 aliphatic carbocycles. The summed E-state index contributed by atoms with van der Waals surface area (Å²) in [5.74, 6) is 0. The molecule has 8 heteroatoms. The zero-order valence-electron chi connectivity index (χ0n) is 9.72. The Morgan fingerprint density at radius 1 is 1.50 bits per heavy atom. The number of hydrogen-bond donors (Lipinski definition) is 4. The Kier molecular flexibility index (Phi) is 4.57. The molecule has 0 aromatic heterocycles. The predicted octanol–water partition coefficient (Wildman–Crippen LogP) is -0.0562. The molecule has 0 spiro atoms. The lowest BCUT2D eigenvalue weighted by atomic mass is 10.1. The van der Waals surface area contributed by atoms with Crippen molar-refractivity contribution in [2.45, 2.75) is 17.4 Å². The van der Waals surface area contributed by atoms with Crippen molar-refractivity contribution >= 4 is 27.3 Å². The number of halogens is 1. The fraction of sp³-hybridized carbons (Fsp3) is 0.400. The van der Waals surface area contributed by atoms with Crippen molar-refractivity contribution < 1.29 is 18.6 Å². The molecule has 18 heavy (non-hydrogen) atoms. The van der Waals surface area contributed by atoms with Gasteiger partial charge in [0.2, 0.25) is 10.0 Å². The number of anilines is 1. The van der Waals surface area contributed by atoms with Gasteiger partial charge in [0.05, 0.1) is 17.2 Å². The van der Waals surface area contributed by atoms with Crippen molar-refractivity contribution in [1.82, 2.24) is 4.72 Å². The summed E-state index contributed by atoms with van der Waals surface area (Å²) in [6.45, 7) is 0.396. The second-order valence-corrected chi connectivity index (χ2v) is 6.31. The average Bonchev–Trinajstić information content (AvgIpc) is 2.30. The van der Waals surface area contributed by atoms with E-state index >= 15 is 0 Å². The average molecular weight is 295 g/mol. The minimum atomic E-state index is -3.89. The van der Waals surface area contributed by atoms with Crippen molar-refractivity contribution in [2.24, 2.45) is 0 Å². The summed E-state index contributed by atoms with van der Waals surface area (Å²) < 4.78 is 26.0. The van der Waals surface area contributed by atoms with Gasteiger partial charge >= 0.3 is 0 Å². The standard InChI is InChI=1S/C10H15ClN2O4S/c1-10(15,6-14)5-13-18(16,17)9-4-7(12)2-3-8(9)11/h2-4,13-15H,5-6,12H2,1H3. The Labute approximate surface area is 110 Å². The van der Waals surface area contributed by atoms with Crippen LogP contribution < -0.4 is 10.5 Å². The van der Waals surface area contributed by atoms with Gasteiger partial charge in [0.1, 0.15) is 4.90 Å². The summed E-state index contributed by atoms with van der Waals surface area (Å²) in [6, 6.07) is 4.07. The highest BCUT2D eigenvalue weighted by Crippen LogP contribution is 2.23. The van der Waals surface area contributed by atoms with Crippen LogP contribution in [0.25, 0.3) is 0 Å². The van der Waals surface area contributed by atoms with E-state index in [1.807, 2.05) is 0 Å². The molecule has 6 nitrogen and oxygen atoms in total. The SMILES string of the molecule is CC(O)(CO)CNS(=O)(=O)c1cc(N)ccc1Cl. The first kappa shape index (κ1) is 15.2. The minimum absolute atomic E-state index is 0.0281. The summed E-state index contributed by atoms with van der Waals surface area (Å²) in [7, 11) is -3.89. The molecule has 0 bridgehead atoms. The summed E-state index contributed by atoms with van der Waals surface area (Å²) in [6.07, 6.45) is 0. The number of aliphatic hydroxyl groups is 2. The van der Waals surface area contributed by atoms with E-state index in [0.717, 1.165) is 0 Å². The van der Waals surface area contributed by atoms with Gasteiger partial charge in [-0.15, -0.1) is 0 Å². The van der Waals surface area contributed by atoms with Gasteiger partial charge in [0, 0.05) is 12.2 Å². The smallest absolute Gasteiger partial charge is 0.242 e. The first-order valence-corrected chi connectivity index (χ1v) is 6.92. The van der Waals surface area contributed by atoms with Crippen LogP contribution in [0.1, 0.15) is 6.92 Å². The Morgan fingerprint density at radius 2 is 2.11 bits per heavy atom. The van der Waals surface area contributed by atoms with E-state index in [1.54, 1.807) is 0 Å². The third kappa shape index (κ3) is 3.82. The van der Waals surface area contributed by atoms with Gasteiger partial charge in [0.25, 0.3) is 0 Å². The molecule has 1 aromatic carbocycles. The van der Waals surface area contributed by atoms with Gasteiger partial charge in [-0.05, 0) is 25.1 Å². The molecule has 0 fully saturated rings. The second kappa shape index (κ2) is 5.41. The van der Waals surface area contributed by atoms with Crippen LogP contribution in [0.3, 0.4) is 0 Å². The van der Waals surface area contributed by atoms with Crippen LogP contribution in [-0.4, -0.2) is 37.4 Å². The number of nitrogens with two attached hydrogens (primary N) is 1. The zero-order chi connectivity index (χ0) is 14.0. The van der Waals surface area contributed by atoms with Gasteiger partial charge in [0.15, 0.2) is 0 Å². The summed E-state index contributed by atoms with van der Waals surface area (Å²) in [5, 5.41) is 18.4. The van der Waals surface area contributed by atoms with Crippen LogP contribution in [0.15, 0.2) is 23.1 Å². The van der Waals surface area contributed by atoms with E-state index in [2.05, 4.69) is 4.72 Å². The summed E-state index contributed by atoms with van der Waals surface area (Å²) in [5.41, 5.74) is 4.21. The Bertz CT molecular complexity index is 531. The number of benzene rings is 1. The highest BCUT2D eigenvalue weighted by molar-refractivity contribution is 7.89. The first-order valence-electron chi connectivity index (χ1n) is 5.06. The molecule has 0 saturated heterocycles. The number of rotatable bonds is 5. The normalized spacial score (nSPS) is 15.3. The quantitative estimate of drug-likeness (QED) is 0.569. The fourth-order valence-electron chi connectivity index (χ4n) is 1.11. The third-order valence-electron chi connectivity index (χ3n) is 2.23. The molecule has 1 unspecified atom stereocenters. The van der Waals surface area contributed by atoms with Crippen LogP contribution in [0.2, 0.25) is 5.02 Å². The fourth-order valence-corrected chi connectivity index (χ4v) is 2.80. The van der Waals surface area contributed by atoms with Gasteiger partial charge in [-0.1, -0.05) is 11.6 Å². The molecule has 0 radical (unpaired) electrons. The minimum Gasteiger partial charge on any atom is -0.399 e. The molecule has 0 aliphatic heterocycles. The van der Waals surface area contributed by atoms with Crippen LogP contribution in [0.5, 0.6) is 0 Å². The number of nitrogen functional groups attached to an aromatic ring is 1. The monoisotopic (exact) mass is 294 g/mol. The number of nitrogens with one attached hydrogen (secondary N) is 1. The molecule has 0 saturated carbocycles. The maximum absolute atomic E-state index is 11.9. The molecule has 0 aliphatic rings. The van der Waals surface area contributed by atoms with E-state index < -0.39 is 22.2 Å². The van der Waals surface area contributed by atoms with E-state index in [4.69, 9.17) is 22.4 Å². The molecule has 102 valence electrons. The van der Waals surface area contributed by atoms with Crippen LogP contribution in [0.4, 0.5) is 5.69 Å². The lowest BCUT2D eigenvalue weighted by Gasteiger charge is -2.20. The van der Waals surface area contributed by atoms with Crippen molar-refractivity contribution in [3.8, 4) is 0 Å². The summed E-state index contributed by atoms with van der Waals surface area (Å²) >= 11 is 5.78. The predicted molar refractivity (Wildman–Crippen MR) is 68.8 cm³/mol. The van der Waals surface area contributed by atoms with Crippen LogP contribution in [0, 0.1) is 0 Å². The molecule has 1 rings (SSSR count). The maximum atomic E-state index is 11.9. The molecule has 1 atom stereocenters. The van der Waals surface area contributed by atoms with Crippen molar-refractivity contribution in [3.05, 3.63) is 23.2 Å². The molecule has 0 heterocycles. The first-order chi connectivity index (χ1) is 8.18. The van der Waals surface area contributed by atoms with Crippen molar-refractivity contribution in [3.63, 3.8) is 0 Å². The lowest BCUT2D eigenvalue weighted by Crippen LogP contribution is -2.43. The Hall–Kier alpha value is -0.860. The highest BCUT2D eigenvalue weighted by Gasteiger charge is 2.24. The van der Waals surface area contributed by atoms with E-state index in [-0.39, 0.29) is 22.2 Å². The van der Waals surface area contributed by atoms with Crippen LogP contribution >= 0.6 is 11.6 Å². The van der Waals surface area contributed by atoms with E-state index in [9.17, 15) is 13.5 Å². The molecular weight excluding hydrogens is 280 g/mol. The maximum Gasteiger partial charge on any atom is 0.242 e. The van der Waals surface area contributed by atoms with Gasteiger partial charge in [-0.25, -0.2) is 13.1 Å². The molecule has 5 N–H and O–H groups in total. The Balaban J connectivity index is 2.97. The largest absolute Gasteiger partial charge is 0.399 e.